The van der Waals surface area contributed by atoms with E-state index in [4.69, 9.17) is 4.74 Å². The van der Waals surface area contributed by atoms with Crippen molar-refractivity contribution in [2.45, 2.75) is 57.5 Å². The summed E-state index contributed by atoms with van der Waals surface area (Å²) >= 11 is 1.41. The van der Waals surface area contributed by atoms with Gasteiger partial charge in [0.15, 0.2) is 0 Å². The average molecular weight is 562 g/mol. The Morgan fingerprint density at radius 1 is 1.03 bits per heavy atom. The van der Waals surface area contributed by atoms with Crippen molar-refractivity contribution < 1.29 is 32.2 Å². The number of nitrogens with zero attached hydrogens (tertiary/aromatic N) is 2. The molecule has 39 heavy (non-hydrogen) atoms. The highest BCUT2D eigenvalue weighted by molar-refractivity contribution is 7.15. The molecule has 2 N–H and O–H groups in total. The molecule has 2 aromatic heterocycles. The lowest BCUT2D eigenvalue weighted by Gasteiger charge is -2.27. The summed E-state index contributed by atoms with van der Waals surface area (Å²) in [4.78, 5) is 21.4. The van der Waals surface area contributed by atoms with Crippen LogP contribution in [0.2, 0.25) is 0 Å². The number of nitrogens with one attached hydrogen (secondary N) is 1. The Labute approximate surface area is 226 Å². The summed E-state index contributed by atoms with van der Waals surface area (Å²) in [6.07, 6.45) is -2.78. The smallest absolute Gasteiger partial charge is 0.416 e. The van der Waals surface area contributed by atoms with Gasteiger partial charge in [0.2, 0.25) is 5.95 Å². The average Bonchev–Trinajstić information content (AvgIpc) is 3.33. The molecule has 0 saturated heterocycles. The third-order valence-electron chi connectivity index (χ3n) is 5.86. The van der Waals surface area contributed by atoms with Crippen LogP contribution in [0.4, 0.5) is 22.4 Å². The summed E-state index contributed by atoms with van der Waals surface area (Å²) in [6.45, 7) is 5.09. The molecular formula is C28H27F4N3O3S. The lowest BCUT2D eigenvalue weighted by atomic mass is 9.97. The molecule has 0 saturated carbocycles. The molecule has 2 heterocycles. The zero-order valence-electron chi connectivity index (χ0n) is 21.4. The van der Waals surface area contributed by atoms with Crippen LogP contribution in [0.25, 0.3) is 21.2 Å². The predicted molar refractivity (Wildman–Crippen MR) is 141 cm³/mol. The maximum Gasteiger partial charge on any atom is 0.416 e. The van der Waals surface area contributed by atoms with Crippen LogP contribution in [0.5, 0.6) is 0 Å². The SMILES string of the molecule is CC(C)(C)OC(=O)N[C@H](CCc1ncc(-c2ccc3cnc(F)cc3c2)s1)[C@@H](O)c1ccc(C(F)(F)F)cc1. The van der Waals surface area contributed by atoms with Gasteiger partial charge in [-0.15, -0.1) is 11.3 Å². The Morgan fingerprint density at radius 3 is 2.41 bits per heavy atom. The van der Waals surface area contributed by atoms with Crippen LogP contribution >= 0.6 is 11.3 Å². The molecule has 0 radical (unpaired) electrons. The molecule has 2 aromatic carbocycles. The number of aliphatic hydroxyl groups is 1. The van der Waals surface area contributed by atoms with Crippen molar-refractivity contribution in [3.8, 4) is 10.4 Å². The van der Waals surface area contributed by atoms with E-state index in [1.807, 2.05) is 18.2 Å². The van der Waals surface area contributed by atoms with Crippen LogP contribution in [-0.2, 0) is 17.3 Å². The Kier molecular flexibility index (Phi) is 8.22. The van der Waals surface area contributed by atoms with Gasteiger partial charge in [0.25, 0.3) is 0 Å². The van der Waals surface area contributed by atoms with E-state index in [1.54, 1.807) is 27.0 Å². The fraction of sp³-hybridized carbons (Fsp3) is 0.321. The van der Waals surface area contributed by atoms with Crippen molar-refractivity contribution in [2.75, 3.05) is 0 Å². The van der Waals surface area contributed by atoms with Crippen molar-refractivity contribution in [1.29, 1.82) is 0 Å². The monoisotopic (exact) mass is 561 g/mol. The topological polar surface area (TPSA) is 84.3 Å². The number of aromatic nitrogens is 2. The molecule has 0 fully saturated rings. The minimum atomic E-state index is -4.50. The molecule has 0 aliphatic rings. The maximum atomic E-state index is 13.6. The number of rotatable bonds is 7. The van der Waals surface area contributed by atoms with Gasteiger partial charge < -0.3 is 15.2 Å². The first kappa shape index (κ1) is 28.4. The van der Waals surface area contributed by atoms with E-state index in [9.17, 15) is 27.5 Å². The number of fused-ring (bicyclic) bond motifs is 1. The van der Waals surface area contributed by atoms with Crippen molar-refractivity contribution >= 4 is 28.2 Å². The van der Waals surface area contributed by atoms with Crippen LogP contribution in [0.15, 0.2) is 60.9 Å². The molecule has 4 aromatic rings. The summed E-state index contributed by atoms with van der Waals surface area (Å²) in [5, 5.41) is 15.9. The second-order valence-corrected chi connectivity index (χ2v) is 11.2. The third-order valence-corrected chi connectivity index (χ3v) is 6.96. The van der Waals surface area contributed by atoms with Crippen molar-refractivity contribution in [3.63, 3.8) is 0 Å². The van der Waals surface area contributed by atoms with Crippen LogP contribution in [0.3, 0.4) is 0 Å². The number of ether oxygens (including phenoxy) is 1. The van der Waals surface area contributed by atoms with E-state index < -0.39 is 41.5 Å². The number of alkyl carbamates (subject to hydrolysis) is 1. The van der Waals surface area contributed by atoms with Gasteiger partial charge in [0, 0.05) is 30.3 Å². The summed E-state index contributed by atoms with van der Waals surface area (Å²) in [5.74, 6) is -0.570. The quantitative estimate of drug-likeness (QED) is 0.186. The molecule has 4 rings (SSSR count). The van der Waals surface area contributed by atoms with Gasteiger partial charge in [0.1, 0.15) is 5.60 Å². The zero-order valence-corrected chi connectivity index (χ0v) is 22.2. The molecule has 0 bridgehead atoms. The standard InChI is InChI=1S/C28H27F4N3O3S/c1-27(2,3)38-26(37)35-21(25(36)16-6-8-20(9-7-16)28(30,31)32)10-11-24-34-15-22(39-24)17-4-5-18-14-33-23(29)13-19(18)12-17/h4-9,12-15,21,25,36H,10-11H2,1-3H3,(H,35,37)/t21-,25+/m1/s1. The summed E-state index contributed by atoms with van der Waals surface area (Å²) in [5.41, 5.74) is -0.540. The lowest BCUT2D eigenvalue weighted by molar-refractivity contribution is -0.137. The molecule has 1 amide bonds. The Hall–Kier alpha value is -3.57. The minimum absolute atomic E-state index is 0.224. The second-order valence-electron chi connectivity index (χ2n) is 10.0. The fourth-order valence-electron chi connectivity index (χ4n) is 3.98. The minimum Gasteiger partial charge on any atom is -0.444 e. The number of thiazole rings is 1. The van der Waals surface area contributed by atoms with Crippen LogP contribution in [0.1, 0.15) is 49.4 Å². The molecule has 2 atom stereocenters. The summed E-state index contributed by atoms with van der Waals surface area (Å²) in [7, 11) is 0. The van der Waals surface area contributed by atoms with Gasteiger partial charge in [0.05, 0.1) is 27.6 Å². The van der Waals surface area contributed by atoms with Gasteiger partial charge in [-0.1, -0.05) is 24.3 Å². The molecule has 6 nitrogen and oxygen atoms in total. The fourth-order valence-corrected chi connectivity index (χ4v) is 4.90. The highest BCUT2D eigenvalue weighted by Crippen LogP contribution is 2.32. The molecule has 0 unspecified atom stereocenters. The van der Waals surface area contributed by atoms with Crippen LogP contribution in [-0.4, -0.2) is 32.8 Å². The van der Waals surface area contributed by atoms with Crippen molar-refractivity contribution in [2.24, 2.45) is 0 Å². The first-order valence-electron chi connectivity index (χ1n) is 12.1. The summed E-state index contributed by atoms with van der Waals surface area (Å²) in [6, 6.07) is 10.2. The zero-order chi connectivity index (χ0) is 28.4. The number of halogens is 4. The number of hydrogen-bond donors (Lipinski definition) is 2. The number of hydrogen-bond acceptors (Lipinski definition) is 6. The number of alkyl halides is 3. The molecule has 206 valence electrons. The van der Waals surface area contributed by atoms with Gasteiger partial charge in [-0.3, -0.25) is 0 Å². The number of carbonyl (C=O) groups excluding carboxylic acids is 1. The Bertz CT molecular complexity index is 1450. The molecule has 11 heteroatoms. The van der Waals surface area contributed by atoms with Gasteiger partial charge >= 0.3 is 12.3 Å². The van der Waals surface area contributed by atoms with E-state index in [0.717, 1.165) is 33.0 Å². The van der Waals surface area contributed by atoms with E-state index in [1.165, 1.54) is 35.7 Å². The predicted octanol–water partition coefficient (Wildman–Crippen LogP) is 7.08. The Balaban J connectivity index is 1.51. The number of aryl methyl sites for hydroxylation is 1. The molecule has 0 aliphatic carbocycles. The first-order valence-corrected chi connectivity index (χ1v) is 13.0. The van der Waals surface area contributed by atoms with E-state index in [2.05, 4.69) is 15.3 Å². The number of carbonyl (C=O) groups is 1. The van der Waals surface area contributed by atoms with Gasteiger partial charge in [-0.05, 0) is 61.9 Å². The van der Waals surface area contributed by atoms with Crippen molar-refractivity contribution in [1.82, 2.24) is 15.3 Å². The normalized spacial score (nSPS) is 13.7. The number of amides is 1. The van der Waals surface area contributed by atoms with E-state index in [0.29, 0.717) is 11.8 Å². The largest absolute Gasteiger partial charge is 0.444 e. The lowest BCUT2D eigenvalue weighted by Crippen LogP contribution is -2.42. The number of benzene rings is 2. The van der Waals surface area contributed by atoms with E-state index in [-0.39, 0.29) is 12.0 Å². The van der Waals surface area contributed by atoms with Crippen LogP contribution in [0, 0.1) is 5.95 Å². The van der Waals surface area contributed by atoms with E-state index >= 15 is 0 Å². The van der Waals surface area contributed by atoms with Crippen LogP contribution < -0.4 is 5.32 Å². The number of pyridine rings is 1. The highest BCUT2D eigenvalue weighted by atomic mass is 32.1. The molecule has 0 aliphatic heterocycles. The van der Waals surface area contributed by atoms with Crippen molar-refractivity contribution in [3.05, 3.63) is 83.0 Å². The maximum absolute atomic E-state index is 13.6. The molecule has 0 spiro atoms. The highest BCUT2D eigenvalue weighted by Gasteiger charge is 2.31. The summed E-state index contributed by atoms with van der Waals surface area (Å²) < 4.78 is 57.8. The second kappa shape index (κ2) is 11.3. The Morgan fingerprint density at radius 2 is 1.74 bits per heavy atom. The van der Waals surface area contributed by atoms with Gasteiger partial charge in [-0.25, -0.2) is 14.8 Å². The van der Waals surface area contributed by atoms with Gasteiger partial charge in [-0.2, -0.15) is 17.6 Å². The third kappa shape index (κ3) is 7.51. The first-order chi connectivity index (χ1) is 18.3. The molecular weight excluding hydrogens is 534 g/mol. The number of aliphatic hydroxyl groups excluding tert-OH is 1.